The first-order valence-electron chi connectivity index (χ1n) is 13.2. The summed E-state index contributed by atoms with van der Waals surface area (Å²) in [6, 6.07) is 3.36. The number of nitrogens with zero attached hydrogens (tertiary/aromatic N) is 4. The topological polar surface area (TPSA) is 160 Å². The highest BCUT2D eigenvalue weighted by Crippen LogP contribution is 2.41. The second-order valence-corrected chi connectivity index (χ2v) is 10.1. The van der Waals surface area contributed by atoms with Crippen molar-refractivity contribution in [3.05, 3.63) is 24.0 Å². The van der Waals surface area contributed by atoms with Crippen molar-refractivity contribution in [2.45, 2.75) is 45.6 Å². The summed E-state index contributed by atoms with van der Waals surface area (Å²) in [6.07, 6.45) is 4.90. The highest BCUT2D eigenvalue weighted by atomic mass is 16.6. The number of carbonyl (C=O) groups excluding carboxylic acids is 2. The van der Waals surface area contributed by atoms with E-state index in [0.717, 1.165) is 6.29 Å². The number of anilines is 1. The zero-order valence-electron chi connectivity index (χ0n) is 24.3. The number of hydrogen-bond acceptors (Lipinski definition) is 11. The number of methoxy groups -OCH3 is 2. The SMILES string of the molecule is COc1cc(N=Cc2c(O)[nH]c3ncnc(NCCCN(C)C(=O)OC(C)(C)C)c23)cc(OCCCC=O)c1OC. The van der Waals surface area contributed by atoms with Gasteiger partial charge in [-0.2, -0.15) is 0 Å². The van der Waals surface area contributed by atoms with Crippen LogP contribution in [0.3, 0.4) is 0 Å². The maximum Gasteiger partial charge on any atom is 0.410 e. The van der Waals surface area contributed by atoms with Crippen LogP contribution in [0.1, 0.15) is 45.6 Å². The number of aromatic nitrogens is 3. The van der Waals surface area contributed by atoms with E-state index in [0.29, 0.717) is 84.3 Å². The summed E-state index contributed by atoms with van der Waals surface area (Å²) in [4.78, 5) is 40.3. The van der Waals surface area contributed by atoms with Crippen molar-refractivity contribution in [2.24, 2.45) is 4.99 Å². The van der Waals surface area contributed by atoms with Gasteiger partial charge in [0.2, 0.25) is 5.75 Å². The summed E-state index contributed by atoms with van der Waals surface area (Å²) in [7, 11) is 4.70. The number of aldehydes is 1. The summed E-state index contributed by atoms with van der Waals surface area (Å²) in [5, 5.41) is 14.5. The molecule has 1 amide bonds. The van der Waals surface area contributed by atoms with Crippen molar-refractivity contribution in [3.63, 3.8) is 0 Å². The van der Waals surface area contributed by atoms with Gasteiger partial charge in [0.05, 0.1) is 37.5 Å². The van der Waals surface area contributed by atoms with Gasteiger partial charge in [-0.25, -0.2) is 14.8 Å². The van der Waals surface area contributed by atoms with E-state index in [1.807, 2.05) is 20.8 Å². The molecule has 3 N–H and O–H groups in total. The number of hydrogen-bond donors (Lipinski definition) is 3. The first-order chi connectivity index (χ1) is 19.6. The minimum Gasteiger partial charge on any atom is -0.494 e. The summed E-state index contributed by atoms with van der Waals surface area (Å²) < 4.78 is 22.1. The van der Waals surface area contributed by atoms with Gasteiger partial charge in [-0.1, -0.05) is 0 Å². The summed E-state index contributed by atoms with van der Waals surface area (Å²) in [5.74, 6) is 1.61. The lowest BCUT2D eigenvalue weighted by Gasteiger charge is -2.24. The molecule has 41 heavy (non-hydrogen) atoms. The predicted molar refractivity (Wildman–Crippen MR) is 155 cm³/mol. The zero-order valence-corrected chi connectivity index (χ0v) is 24.3. The molecule has 3 aromatic rings. The second kappa shape index (κ2) is 14.2. The monoisotopic (exact) mass is 570 g/mol. The van der Waals surface area contributed by atoms with Crippen molar-refractivity contribution < 1.29 is 33.6 Å². The molecular weight excluding hydrogens is 532 g/mol. The van der Waals surface area contributed by atoms with Crippen molar-refractivity contribution >= 4 is 41.1 Å². The maximum atomic E-state index is 12.2. The average Bonchev–Trinajstić information content (AvgIpc) is 3.26. The molecular formula is C28H38N6O7. The first kappa shape index (κ1) is 31.0. The number of rotatable bonds is 14. The molecule has 0 atom stereocenters. The fourth-order valence-corrected chi connectivity index (χ4v) is 3.83. The zero-order chi connectivity index (χ0) is 30.0. The number of amides is 1. The van der Waals surface area contributed by atoms with Crippen LogP contribution in [0.25, 0.3) is 11.0 Å². The first-order valence-corrected chi connectivity index (χ1v) is 13.2. The Kier molecular flexibility index (Phi) is 10.7. The molecule has 0 aliphatic heterocycles. The van der Waals surface area contributed by atoms with E-state index < -0.39 is 5.60 Å². The molecule has 0 saturated heterocycles. The molecule has 13 nitrogen and oxygen atoms in total. The van der Waals surface area contributed by atoms with Crippen LogP contribution in [0.15, 0.2) is 23.5 Å². The molecule has 0 aliphatic carbocycles. The number of aromatic hydroxyl groups is 1. The third kappa shape index (κ3) is 8.47. The van der Waals surface area contributed by atoms with E-state index in [9.17, 15) is 14.7 Å². The minimum absolute atomic E-state index is 0.122. The number of benzene rings is 1. The second-order valence-electron chi connectivity index (χ2n) is 10.1. The lowest BCUT2D eigenvalue weighted by atomic mass is 10.2. The van der Waals surface area contributed by atoms with E-state index in [2.05, 4.69) is 25.3 Å². The number of aliphatic imine (C=N–C) groups is 1. The Morgan fingerprint density at radius 1 is 1.17 bits per heavy atom. The smallest absolute Gasteiger partial charge is 0.410 e. The molecule has 13 heteroatoms. The van der Waals surface area contributed by atoms with Gasteiger partial charge in [0.1, 0.15) is 29.7 Å². The summed E-state index contributed by atoms with van der Waals surface area (Å²) >= 11 is 0. The van der Waals surface area contributed by atoms with Gasteiger partial charge < -0.3 is 44.0 Å². The van der Waals surface area contributed by atoms with E-state index in [1.54, 1.807) is 19.2 Å². The largest absolute Gasteiger partial charge is 0.494 e. The molecule has 0 fully saturated rings. The van der Waals surface area contributed by atoms with Crippen molar-refractivity contribution in [1.82, 2.24) is 19.9 Å². The Morgan fingerprint density at radius 2 is 1.93 bits per heavy atom. The Labute approximate surface area is 238 Å². The molecule has 0 saturated carbocycles. The molecule has 0 aliphatic rings. The van der Waals surface area contributed by atoms with Gasteiger partial charge in [0, 0.05) is 44.9 Å². The third-order valence-corrected chi connectivity index (χ3v) is 5.77. The van der Waals surface area contributed by atoms with Crippen LogP contribution in [0.4, 0.5) is 16.3 Å². The fraction of sp³-hybridized carbons (Fsp3) is 0.464. The molecule has 0 bridgehead atoms. The van der Waals surface area contributed by atoms with Crippen molar-refractivity contribution in [3.8, 4) is 23.1 Å². The van der Waals surface area contributed by atoms with Crippen LogP contribution in [0.2, 0.25) is 0 Å². The van der Waals surface area contributed by atoms with Crippen LogP contribution in [0, 0.1) is 0 Å². The number of unbranched alkanes of at least 4 members (excludes halogenated alkanes) is 1. The van der Waals surface area contributed by atoms with Crippen LogP contribution >= 0.6 is 0 Å². The van der Waals surface area contributed by atoms with E-state index in [-0.39, 0.29) is 12.0 Å². The molecule has 0 radical (unpaired) electrons. The van der Waals surface area contributed by atoms with E-state index >= 15 is 0 Å². The molecule has 222 valence electrons. The summed E-state index contributed by atoms with van der Waals surface area (Å²) in [6.45, 7) is 6.76. The van der Waals surface area contributed by atoms with E-state index in [4.69, 9.17) is 18.9 Å². The van der Waals surface area contributed by atoms with Crippen molar-refractivity contribution in [2.75, 3.05) is 46.3 Å². The third-order valence-electron chi connectivity index (χ3n) is 5.77. The van der Waals surface area contributed by atoms with Gasteiger partial charge >= 0.3 is 6.09 Å². The van der Waals surface area contributed by atoms with Crippen LogP contribution in [-0.4, -0.2) is 90.1 Å². The Bertz CT molecular complexity index is 1370. The number of nitrogens with one attached hydrogen (secondary N) is 2. The minimum atomic E-state index is -0.562. The summed E-state index contributed by atoms with van der Waals surface area (Å²) in [5.41, 5.74) is 0.738. The molecule has 0 spiro atoms. The Balaban J connectivity index is 1.79. The fourth-order valence-electron chi connectivity index (χ4n) is 3.83. The predicted octanol–water partition coefficient (Wildman–Crippen LogP) is 4.46. The number of ether oxygens (including phenoxy) is 4. The number of carbonyl (C=O) groups is 2. The highest BCUT2D eigenvalue weighted by Gasteiger charge is 2.20. The van der Waals surface area contributed by atoms with Crippen LogP contribution in [0.5, 0.6) is 23.1 Å². The quantitative estimate of drug-likeness (QED) is 0.143. The molecule has 2 aromatic heterocycles. The molecule has 2 heterocycles. The lowest BCUT2D eigenvalue weighted by molar-refractivity contribution is -0.108. The molecule has 1 aromatic carbocycles. The normalized spacial score (nSPS) is 11.5. The van der Waals surface area contributed by atoms with Crippen LogP contribution < -0.4 is 19.5 Å². The van der Waals surface area contributed by atoms with Gasteiger partial charge in [-0.3, -0.25) is 4.99 Å². The number of fused-ring (bicyclic) bond motifs is 1. The molecule has 3 rings (SSSR count). The lowest BCUT2D eigenvalue weighted by Crippen LogP contribution is -2.35. The van der Waals surface area contributed by atoms with E-state index in [1.165, 1.54) is 31.7 Å². The number of H-pyrrole nitrogens is 1. The maximum absolute atomic E-state index is 12.2. The number of aromatic amines is 1. The van der Waals surface area contributed by atoms with Crippen LogP contribution in [-0.2, 0) is 9.53 Å². The van der Waals surface area contributed by atoms with Gasteiger partial charge in [0.25, 0.3) is 0 Å². The van der Waals surface area contributed by atoms with Gasteiger partial charge in [0.15, 0.2) is 17.4 Å². The highest BCUT2D eigenvalue weighted by molar-refractivity contribution is 6.06. The Hall–Kier alpha value is -4.55. The molecule has 0 unspecified atom stereocenters. The Morgan fingerprint density at radius 3 is 2.61 bits per heavy atom. The standard InChI is InChI=1S/C28H38N6O7/c1-28(2,3)41-27(37)34(4)11-9-10-29-24-22-19(26(36)33-25(22)32-17-31-24)16-30-18-14-20(38-5)23(39-6)21(15-18)40-13-8-7-12-35/h12,14-17,36H,7-11,13H2,1-6H3,(H2,29,31,32,33). The van der Waals surface area contributed by atoms with Crippen molar-refractivity contribution in [1.29, 1.82) is 0 Å². The van der Waals surface area contributed by atoms with Gasteiger partial charge in [-0.15, -0.1) is 0 Å². The van der Waals surface area contributed by atoms with Gasteiger partial charge in [-0.05, 0) is 33.6 Å². The average molecular weight is 571 g/mol.